The van der Waals surface area contributed by atoms with Crippen molar-refractivity contribution in [1.82, 2.24) is 0 Å². The largest absolute Gasteiger partial charge is 0.481 e. The fourth-order valence-corrected chi connectivity index (χ4v) is 0.723. The zero-order valence-electron chi connectivity index (χ0n) is 6.40. The number of rotatable bonds is 5. The van der Waals surface area contributed by atoms with Crippen molar-refractivity contribution in [2.24, 2.45) is 11.0 Å². The minimum atomic E-state index is -0.807. The third-order valence-corrected chi connectivity index (χ3v) is 1.31. The topological polar surface area (TPSA) is 86.1 Å². The molecule has 1 atom stereocenters. The van der Waals surface area contributed by atoms with Crippen molar-refractivity contribution >= 4 is 5.97 Å². The summed E-state index contributed by atoms with van der Waals surface area (Å²) in [5.41, 5.74) is 7.90. The smallest absolute Gasteiger partial charge is 0.303 e. The summed E-state index contributed by atoms with van der Waals surface area (Å²) in [6.45, 7) is 2.20. The van der Waals surface area contributed by atoms with Crippen molar-refractivity contribution in [2.75, 3.05) is 6.54 Å². The fourth-order valence-electron chi connectivity index (χ4n) is 0.723. The Morgan fingerprint density at radius 2 is 2.45 bits per heavy atom. The summed E-state index contributed by atoms with van der Waals surface area (Å²) in [6, 6.07) is 0. The fraction of sp³-hybridized carbons (Fsp3) is 0.833. The van der Waals surface area contributed by atoms with Gasteiger partial charge in [-0.1, -0.05) is 12.0 Å². The average Bonchev–Trinajstić information content (AvgIpc) is 1.86. The lowest BCUT2D eigenvalue weighted by atomic mass is 10.0. The van der Waals surface area contributed by atoms with Crippen LogP contribution < -0.4 is 0 Å². The second-order valence-electron chi connectivity index (χ2n) is 2.45. The van der Waals surface area contributed by atoms with Crippen LogP contribution in [-0.4, -0.2) is 17.6 Å². The van der Waals surface area contributed by atoms with E-state index in [1.807, 2.05) is 6.92 Å². The molecule has 0 spiro atoms. The molecular weight excluding hydrogens is 146 g/mol. The first-order chi connectivity index (χ1) is 5.16. The van der Waals surface area contributed by atoms with E-state index in [9.17, 15) is 4.79 Å². The molecule has 0 amide bonds. The van der Waals surface area contributed by atoms with Crippen LogP contribution in [0.15, 0.2) is 5.11 Å². The minimum absolute atomic E-state index is 0.0815. The molecule has 11 heavy (non-hydrogen) atoms. The van der Waals surface area contributed by atoms with E-state index in [1.54, 1.807) is 0 Å². The van der Waals surface area contributed by atoms with Crippen LogP contribution >= 0.6 is 0 Å². The zero-order valence-corrected chi connectivity index (χ0v) is 6.40. The first-order valence-electron chi connectivity index (χ1n) is 3.39. The predicted octanol–water partition coefficient (Wildman–Crippen LogP) is 1.80. The lowest BCUT2D eigenvalue weighted by Gasteiger charge is -2.03. The minimum Gasteiger partial charge on any atom is -0.481 e. The van der Waals surface area contributed by atoms with Crippen LogP contribution in [-0.2, 0) is 4.79 Å². The molecule has 0 fully saturated rings. The highest BCUT2D eigenvalue weighted by atomic mass is 16.4. The summed E-state index contributed by atoms with van der Waals surface area (Å²) in [4.78, 5) is 12.7. The number of hydrogen-bond donors (Lipinski definition) is 1. The van der Waals surface area contributed by atoms with Crippen LogP contribution in [0.5, 0.6) is 0 Å². The van der Waals surface area contributed by atoms with Crippen LogP contribution in [0.3, 0.4) is 0 Å². The first kappa shape index (κ1) is 9.78. The molecule has 5 heteroatoms. The third-order valence-electron chi connectivity index (χ3n) is 1.31. The van der Waals surface area contributed by atoms with E-state index in [0.717, 1.165) is 0 Å². The standard InChI is InChI=1S/C6H11N3O2/c1-5(4-6(10)11)2-3-8-9-7/h5H,2-4H2,1H3,(H,10,11). The molecule has 1 N–H and O–H groups in total. The number of nitrogens with zero attached hydrogens (tertiary/aromatic N) is 3. The molecule has 1 unspecified atom stereocenters. The van der Waals surface area contributed by atoms with Gasteiger partial charge in [-0.15, -0.1) is 0 Å². The van der Waals surface area contributed by atoms with Gasteiger partial charge < -0.3 is 5.11 Å². The summed E-state index contributed by atoms with van der Waals surface area (Å²) in [6.07, 6.45) is 0.775. The highest BCUT2D eigenvalue weighted by molar-refractivity contribution is 5.66. The van der Waals surface area contributed by atoms with Gasteiger partial charge in [0.25, 0.3) is 0 Å². The van der Waals surface area contributed by atoms with Gasteiger partial charge in [0.05, 0.1) is 0 Å². The van der Waals surface area contributed by atoms with Gasteiger partial charge in [0.15, 0.2) is 0 Å². The van der Waals surface area contributed by atoms with Gasteiger partial charge in [-0.05, 0) is 17.9 Å². The molecule has 0 aliphatic rings. The Morgan fingerprint density at radius 1 is 1.82 bits per heavy atom. The summed E-state index contributed by atoms with van der Waals surface area (Å²) >= 11 is 0. The molecule has 0 aliphatic heterocycles. The molecule has 0 rings (SSSR count). The lowest BCUT2D eigenvalue weighted by Crippen LogP contribution is -2.04. The van der Waals surface area contributed by atoms with Crippen LogP contribution in [0.2, 0.25) is 0 Å². The Balaban J connectivity index is 3.44. The van der Waals surface area contributed by atoms with Crippen LogP contribution in [0, 0.1) is 5.92 Å². The molecule has 0 aromatic carbocycles. The Labute approximate surface area is 64.7 Å². The van der Waals surface area contributed by atoms with Gasteiger partial charge in [0.1, 0.15) is 0 Å². The molecular formula is C6H11N3O2. The maximum Gasteiger partial charge on any atom is 0.303 e. The van der Waals surface area contributed by atoms with Crippen molar-refractivity contribution < 1.29 is 9.90 Å². The van der Waals surface area contributed by atoms with E-state index in [1.165, 1.54) is 0 Å². The van der Waals surface area contributed by atoms with Gasteiger partial charge >= 0.3 is 5.97 Å². The van der Waals surface area contributed by atoms with Crippen molar-refractivity contribution in [3.8, 4) is 0 Å². The molecule has 0 aromatic heterocycles. The Bertz CT molecular complexity index is 175. The second kappa shape index (κ2) is 5.56. The number of azide groups is 1. The van der Waals surface area contributed by atoms with E-state index in [2.05, 4.69) is 10.0 Å². The second-order valence-corrected chi connectivity index (χ2v) is 2.45. The number of aliphatic carboxylic acids is 1. The van der Waals surface area contributed by atoms with E-state index in [0.29, 0.717) is 13.0 Å². The van der Waals surface area contributed by atoms with Crippen molar-refractivity contribution in [3.63, 3.8) is 0 Å². The molecule has 0 bridgehead atoms. The van der Waals surface area contributed by atoms with Gasteiger partial charge in [0.2, 0.25) is 0 Å². The Morgan fingerprint density at radius 3 is 2.91 bits per heavy atom. The van der Waals surface area contributed by atoms with Crippen LogP contribution in [0.1, 0.15) is 19.8 Å². The van der Waals surface area contributed by atoms with Gasteiger partial charge in [-0.3, -0.25) is 4.79 Å². The highest BCUT2D eigenvalue weighted by Gasteiger charge is 2.05. The van der Waals surface area contributed by atoms with E-state index in [-0.39, 0.29) is 12.3 Å². The highest BCUT2D eigenvalue weighted by Crippen LogP contribution is 2.06. The maximum atomic E-state index is 10.1. The Hall–Kier alpha value is -1.22. The SMILES string of the molecule is CC(CCN=[N+]=[N-])CC(=O)O. The van der Waals surface area contributed by atoms with Crippen LogP contribution in [0.25, 0.3) is 10.4 Å². The summed E-state index contributed by atoms with van der Waals surface area (Å²) in [5, 5.41) is 11.6. The van der Waals surface area contributed by atoms with Crippen molar-refractivity contribution in [2.45, 2.75) is 19.8 Å². The summed E-state index contributed by atoms with van der Waals surface area (Å²) < 4.78 is 0. The monoisotopic (exact) mass is 157 g/mol. The average molecular weight is 157 g/mol. The molecule has 0 aliphatic carbocycles. The molecule has 0 heterocycles. The van der Waals surface area contributed by atoms with E-state index in [4.69, 9.17) is 10.6 Å². The molecule has 0 saturated heterocycles. The number of hydrogen-bond acceptors (Lipinski definition) is 2. The summed E-state index contributed by atoms with van der Waals surface area (Å²) in [7, 11) is 0. The normalized spacial score (nSPS) is 11.7. The zero-order chi connectivity index (χ0) is 8.69. The van der Waals surface area contributed by atoms with Gasteiger partial charge in [0, 0.05) is 17.9 Å². The molecule has 0 saturated carbocycles. The Kier molecular flexibility index (Phi) is 4.94. The van der Waals surface area contributed by atoms with Gasteiger partial charge in [-0.2, -0.15) is 0 Å². The third kappa shape index (κ3) is 6.67. The van der Waals surface area contributed by atoms with Crippen LogP contribution in [0.4, 0.5) is 0 Å². The quantitative estimate of drug-likeness (QED) is 0.374. The number of carboxylic acids is 1. The molecule has 0 radical (unpaired) electrons. The van der Waals surface area contributed by atoms with Crippen molar-refractivity contribution in [1.29, 1.82) is 0 Å². The molecule has 0 aromatic rings. The first-order valence-corrected chi connectivity index (χ1v) is 3.39. The van der Waals surface area contributed by atoms with E-state index < -0.39 is 5.97 Å². The van der Waals surface area contributed by atoms with E-state index >= 15 is 0 Å². The number of carbonyl (C=O) groups is 1. The predicted molar refractivity (Wildman–Crippen MR) is 40.0 cm³/mol. The lowest BCUT2D eigenvalue weighted by molar-refractivity contribution is -0.137. The molecule has 62 valence electrons. The maximum absolute atomic E-state index is 10.1. The van der Waals surface area contributed by atoms with Gasteiger partial charge in [-0.25, -0.2) is 0 Å². The number of carboxylic acid groups (broad SMARTS) is 1. The molecule has 5 nitrogen and oxygen atoms in total. The summed E-state index contributed by atoms with van der Waals surface area (Å²) in [5.74, 6) is -0.726. The van der Waals surface area contributed by atoms with Crippen molar-refractivity contribution in [3.05, 3.63) is 10.4 Å².